The first kappa shape index (κ1) is 15.2. The van der Waals surface area contributed by atoms with Crippen LogP contribution < -0.4 is 15.4 Å². The van der Waals surface area contributed by atoms with Crippen molar-refractivity contribution in [3.8, 4) is 5.75 Å². The van der Waals surface area contributed by atoms with Gasteiger partial charge < -0.3 is 20.1 Å². The number of nitrogens with one attached hydrogen (secondary N) is 2. The van der Waals surface area contributed by atoms with Crippen LogP contribution in [0.25, 0.3) is 0 Å². The van der Waals surface area contributed by atoms with Crippen LogP contribution in [-0.4, -0.2) is 31.9 Å². The second-order valence-corrected chi connectivity index (χ2v) is 6.08. The van der Waals surface area contributed by atoms with Crippen molar-refractivity contribution in [2.45, 2.75) is 44.8 Å². The molecule has 0 saturated carbocycles. The molecule has 0 aliphatic carbocycles. The molecule has 5 nitrogen and oxygen atoms in total. The van der Waals surface area contributed by atoms with Crippen molar-refractivity contribution in [2.24, 2.45) is 0 Å². The molecule has 1 aromatic carbocycles. The van der Waals surface area contributed by atoms with Gasteiger partial charge in [0.05, 0.1) is 12.1 Å². The average molecular weight is 304 g/mol. The average Bonchev–Trinajstić information content (AvgIpc) is 2.90. The lowest BCUT2D eigenvalue weighted by molar-refractivity contribution is 0.0120. The van der Waals surface area contributed by atoms with Gasteiger partial charge in [0.15, 0.2) is 0 Å². The molecule has 0 radical (unpaired) electrons. The molecule has 2 N–H and O–H groups in total. The molecule has 2 atom stereocenters. The number of aryl methyl sites for hydroxylation is 1. The molecule has 3 rings (SSSR count). The Labute approximate surface area is 131 Å². The monoisotopic (exact) mass is 304 g/mol. The van der Waals surface area contributed by atoms with Gasteiger partial charge in [-0.1, -0.05) is 17.7 Å². The van der Waals surface area contributed by atoms with Crippen LogP contribution >= 0.6 is 0 Å². The van der Waals surface area contributed by atoms with Crippen LogP contribution in [0, 0.1) is 6.92 Å². The third-order valence-electron chi connectivity index (χ3n) is 4.28. The summed E-state index contributed by atoms with van der Waals surface area (Å²) in [5.74, 6) is 0.867. The summed E-state index contributed by atoms with van der Waals surface area (Å²) in [4.78, 5) is 12.0. The molecule has 0 unspecified atom stereocenters. The van der Waals surface area contributed by atoms with Gasteiger partial charge in [-0.3, -0.25) is 0 Å². The third-order valence-corrected chi connectivity index (χ3v) is 4.28. The van der Waals surface area contributed by atoms with E-state index in [1.807, 2.05) is 19.1 Å². The van der Waals surface area contributed by atoms with Crippen molar-refractivity contribution >= 4 is 6.03 Å². The Morgan fingerprint density at radius 3 is 3.09 bits per heavy atom. The number of hydrogen-bond acceptors (Lipinski definition) is 3. The number of amides is 2. The predicted octanol–water partition coefficient (Wildman–Crippen LogP) is 2.69. The second kappa shape index (κ2) is 7.01. The van der Waals surface area contributed by atoms with Crippen molar-refractivity contribution < 1.29 is 14.3 Å². The summed E-state index contributed by atoms with van der Waals surface area (Å²) in [6.07, 6.45) is 4.67. The molecule has 2 heterocycles. The van der Waals surface area contributed by atoms with Gasteiger partial charge in [-0.15, -0.1) is 0 Å². The fourth-order valence-electron chi connectivity index (χ4n) is 3.04. The standard InChI is InChI=1S/C17H24N2O3/c1-12-5-6-16-14(10-12)15(11-22-16)19-17(20)18-8-7-13-4-2-3-9-21-13/h5-6,10,13,15H,2-4,7-9,11H2,1H3,(H2,18,19,20)/t13-,15+/m0/s1. The maximum atomic E-state index is 12.0. The molecule has 5 heteroatoms. The molecule has 1 fully saturated rings. The quantitative estimate of drug-likeness (QED) is 0.899. The van der Waals surface area contributed by atoms with Crippen LogP contribution in [0.3, 0.4) is 0 Å². The van der Waals surface area contributed by atoms with Crippen LogP contribution in [0.4, 0.5) is 4.79 Å². The Balaban J connectivity index is 1.44. The van der Waals surface area contributed by atoms with E-state index in [9.17, 15) is 4.79 Å². The number of hydrogen-bond donors (Lipinski definition) is 2. The molecule has 22 heavy (non-hydrogen) atoms. The van der Waals surface area contributed by atoms with Crippen molar-refractivity contribution in [1.82, 2.24) is 10.6 Å². The van der Waals surface area contributed by atoms with E-state index in [2.05, 4.69) is 16.7 Å². The highest BCUT2D eigenvalue weighted by molar-refractivity contribution is 5.74. The SMILES string of the molecule is Cc1ccc2c(c1)[C@H](NC(=O)NCC[C@@H]1CCCCO1)CO2. The summed E-state index contributed by atoms with van der Waals surface area (Å²) < 4.78 is 11.3. The highest BCUT2D eigenvalue weighted by Gasteiger charge is 2.25. The Kier molecular flexibility index (Phi) is 4.83. The number of rotatable bonds is 4. The molecule has 120 valence electrons. The van der Waals surface area contributed by atoms with Gasteiger partial charge in [0.2, 0.25) is 0 Å². The topological polar surface area (TPSA) is 59.6 Å². The maximum absolute atomic E-state index is 12.0. The van der Waals surface area contributed by atoms with Crippen molar-refractivity contribution in [1.29, 1.82) is 0 Å². The molecule has 1 saturated heterocycles. The van der Waals surface area contributed by atoms with Gasteiger partial charge in [-0.2, -0.15) is 0 Å². The Hall–Kier alpha value is -1.75. The van der Waals surface area contributed by atoms with E-state index in [4.69, 9.17) is 9.47 Å². The third kappa shape index (κ3) is 3.71. The van der Waals surface area contributed by atoms with Gasteiger partial charge in [-0.05, 0) is 38.7 Å². The smallest absolute Gasteiger partial charge is 0.315 e. The van der Waals surface area contributed by atoms with Crippen molar-refractivity contribution in [3.63, 3.8) is 0 Å². The Morgan fingerprint density at radius 1 is 1.36 bits per heavy atom. The lowest BCUT2D eigenvalue weighted by atomic mass is 10.1. The number of carbonyl (C=O) groups is 1. The summed E-state index contributed by atoms with van der Waals surface area (Å²) in [5.41, 5.74) is 2.23. The van der Waals surface area contributed by atoms with Crippen molar-refractivity contribution in [3.05, 3.63) is 29.3 Å². The van der Waals surface area contributed by atoms with Gasteiger partial charge in [0.25, 0.3) is 0 Å². The van der Waals surface area contributed by atoms with Crippen LogP contribution in [0.5, 0.6) is 5.75 Å². The Bertz CT molecular complexity index is 527. The highest BCUT2D eigenvalue weighted by Crippen LogP contribution is 2.32. The van der Waals surface area contributed by atoms with E-state index < -0.39 is 0 Å². The van der Waals surface area contributed by atoms with Crippen LogP contribution in [-0.2, 0) is 4.74 Å². The van der Waals surface area contributed by atoms with E-state index >= 15 is 0 Å². The molecule has 1 aromatic rings. The highest BCUT2D eigenvalue weighted by atomic mass is 16.5. The largest absolute Gasteiger partial charge is 0.491 e. The predicted molar refractivity (Wildman–Crippen MR) is 84.2 cm³/mol. The molecular weight excluding hydrogens is 280 g/mol. The fraction of sp³-hybridized carbons (Fsp3) is 0.588. The summed E-state index contributed by atoms with van der Waals surface area (Å²) in [6, 6.07) is 5.85. The zero-order valence-electron chi connectivity index (χ0n) is 13.1. The van der Waals surface area contributed by atoms with Gasteiger partial charge >= 0.3 is 6.03 Å². The fourth-order valence-corrected chi connectivity index (χ4v) is 3.04. The van der Waals surface area contributed by atoms with Crippen molar-refractivity contribution in [2.75, 3.05) is 19.8 Å². The first-order valence-corrected chi connectivity index (χ1v) is 8.11. The van der Waals surface area contributed by atoms with E-state index in [0.717, 1.165) is 37.2 Å². The lowest BCUT2D eigenvalue weighted by Gasteiger charge is -2.22. The summed E-state index contributed by atoms with van der Waals surface area (Å²) in [7, 11) is 0. The van der Waals surface area contributed by atoms with Gasteiger partial charge in [0, 0.05) is 18.7 Å². The molecule has 2 aliphatic heterocycles. The molecule has 0 aromatic heterocycles. The van der Waals surface area contributed by atoms with Gasteiger partial charge in [-0.25, -0.2) is 4.79 Å². The molecular formula is C17H24N2O3. The minimum atomic E-state index is -0.140. The zero-order chi connectivity index (χ0) is 15.4. The van der Waals surface area contributed by atoms with E-state index in [0.29, 0.717) is 19.3 Å². The maximum Gasteiger partial charge on any atom is 0.315 e. The Morgan fingerprint density at radius 2 is 2.27 bits per heavy atom. The second-order valence-electron chi connectivity index (χ2n) is 6.08. The number of fused-ring (bicyclic) bond motifs is 1. The van der Waals surface area contributed by atoms with Crippen LogP contribution in [0.15, 0.2) is 18.2 Å². The lowest BCUT2D eigenvalue weighted by Crippen LogP contribution is -2.40. The number of ether oxygens (including phenoxy) is 2. The number of urea groups is 1. The summed E-state index contributed by atoms with van der Waals surface area (Å²) in [5, 5.41) is 5.90. The summed E-state index contributed by atoms with van der Waals surface area (Å²) in [6.45, 7) is 4.04. The minimum absolute atomic E-state index is 0.0687. The van der Waals surface area contributed by atoms with E-state index in [1.165, 1.54) is 12.0 Å². The van der Waals surface area contributed by atoms with E-state index in [1.54, 1.807) is 0 Å². The minimum Gasteiger partial charge on any atom is -0.491 e. The zero-order valence-corrected chi connectivity index (χ0v) is 13.1. The molecule has 2 amide bonds. The molecule has 0 bridgehead atoms. The molecule has 0 spiro atoms. The van der Waals surface area contributed by atoms with Crippen LogP contribution in [0.2, 0.25) is 0 Å². The first-order chi connectivity index (χ1) is 10.7. The normalized spacial score (nSPS) is 23.5. The van der Waals surface area contributed by atoms with Crippen LogP contribution in [0.1, 0.15) is 42.9 Å². The first-order valence-electron chi connectivity index (χ1n) is 8.11. The van der Waals surface area contributed by atoms with Gasteiger partial charge in [0.1, 0.15) is 12.4 Å². The molecule has 2 aliphatic rings. The number of benzene rings is 1. The number of carbonyl (C=O) groups excluding carboxylic acids is 1. The van der Waals surface area contributed by atoms with E-state index in [-0.39, 0.29) is 12.1 Å². The summed E-state index contributed by atoms with van der Waals surface area (Å²) >= 11 is 0.